The average molecular weight is 445 g/mol. The Morgan fingerprint density at radius 3 is 2.45 bits per heavy atom. The maximum absolute atomic E-state index is 13.2. The molecule has 2 rings (SSSR count). The van der Waals surface area contributed by atoms with E-state index in [0.29, 0.717) is 10.8 Å². The number of halogens is 1. The predicted octanol–water partition coefficient (Wildman–Crippen LogP) is 4.98. The van der Waals surface area contributed by atoms with E-state index in [1.165, 1.54) is 4.90 Å². The molecule has 0 fully saturated rings. The molecule has 0 aliphatic rings. The summed E-state index contributed by atoms with van der Waals surface area (Å²) in [5.41, 5.74) is 3.96. The van der Waals surface area contributed by atoms with Crippen LogP contribution in [0.2, 0.25) is 5.02 Å². The van der Waals surface area contributed by atoms with Gasteiger partial charge in [-0.25, -0.2) is 0 Å². The largest absolute Gasteiger partial charge is 0.483 e. The first kappa shape index (κ1) is 24.7. The fourth-order valence-corrected chi connectivity index (χ4v) is 3.43. The number of amides is 2. The highest BCUT2D eigenvalue weighted by Crippen LogP contribution is 2.24. The van der Waals surface area contributed by atoms with E-state index in [2.05, 4.69) is 11.4 Å². The molecule has 2 atom stereocenters. The van der Waals surface area contributed by atoms with E-state index >= 15 is 0 Å². The molecular weight excluding hydrogens is 412 g/mol. The van der Waals surface area contributed by atoms with Crippen LogP contribution in [0.5, 0.6) is 5.75 Å². The van der Waals surface area contributed by atoms with E-state index in [4.69, 9.17) is 16.3 Å². The molecule has 168 valence electrons. The summed E-state index contributed by atoms with van der Waals surface area (Å²) in [6.07, 6.45) is 0.812. The number of nitrogens with one attached hydrogen (secondary N) is 1. The summed E-state index contributed by atoms with van der Waals surface area (Å²) in [5, 5.41) is 3.51. The lowest BCUT2D eigenvalue weighted by molar-refractivity contribution is -0.142. The molecule has 6 heteroatoms. The zero-order chi connectivity index (χ0) is 23.1. The molecule has 0 heterocycles. The maximum atomic E-state index is 13.2. The topological polar surface area (TPSA) is 58.6 Å². The highest BCUT2D eigenvalue weighted by atomic mass is 35.5. The van der Waals surface area contributed by atoms with Crippen LogP contribution in [0.4, 0.5) is 0 Å². The molecule has 1 N–H and O–H groups in total. The molecule has 0 saturated carbocycles. The molecule has 0 spiro atoms. The number of aryl methyl sites for hydroxylation is 2. The molecule has 2 aromatic carbocycles. The maximum Gasteiger partial charge on any atom is 0.261 e. The molecular formula is C25H33ClN2O3. The SMILES string of the molecule is CC[C@H](C)NC(=O)[C@@H](C)N(Cc1ccccc1Cl)C(=O)COc1cc(C)cc(C)c1C. The van der Waals surface area contributed by atoms with Crippen molar-refractivity contribution in [2.45, 2.75) is 66.6 Å². The lowest BCUT2D eigenvalue weighted by atomic mass is 10.1. The van der Waals surface area contributed by atoms with Gasteiger partial charge in [0.25, 0.3) is 5.91 Å². The highest BCUT2D eigenvalue weighted by Gasteiger charge is 2.27. The van der Waals surface area contributed by atoms with Gasteiger partial charge in [0.05, 0.1) is 0 Å². The van der Waals surface area contributed by atoms with Crippen molar-refractivity contribution in [1.82, 2.24) is 10.2 Å². The summed E-state index contributed by atoms with van der Waals surface area (Å²) in [7, 11) is 0. The molecule has 0 unspecified atom stereocenters. The second kappa shape index (κ2) is 11.2. The molecule has 0 aliphatic carbocycles. The molecule has 2 aromatic rings. The van der Waals surface area contributed by atoms with Crippen molar-refractivity contribution in [3.05, 3.63) is 63.7 Å². The quantitative estimate of drug-likeness (QED) is 0.593. The summed E-state index contributed by atoms with van der Waals surface area (Å²) in [6, 6.07) is 10.7. The first-order valence-corrected chi connectivity index (χ1v) is 11.1. The van der Waals surface area contributed by atoms with Crippen LogP contribution in [0, 0.1) is 20.8 Å². The van der Waals surface area contributed by atoms with Crippen LogP contribution in [0.1, 0.15) is 49.4 Å². The van der Waals surface area contributed by atoms with Crippen molar-refractivity contribution in [3.63, 3.8) is 0 Å². The Kier molecular flexibility index (Phi) is 8.93. The van der Waals surface area contributed by atoms with Gasteiger partial charge in [-0.2, -0.15) is 0 Å². The van der Waals surface area contributed by atoms with Gasteiger partial charge in [-0.15, -0.1) is 0 Å². The Morgan fingerprint density at radius 2 is 1.81 bits per heavy atom. The number of hydrogen-bond acceptors (Lipinski definition) is 3. The fraction of sp³-hybridized carbons (Fsp3) is 0.440. The molecule has 0 bridgehead atoms. The van der Waals surface area contributed by atoms with Crippen LogP contribution in [0.15, 0.2) is 36.4 Å². The van der Waals surface area contributed by atoms with Crippen molar-refractivity contribution in [3.8, 4) is 5.75 Å². The summed E-state index contributed by atoms with van der Waals surface area (Å²) in [5.74, 6) is 0.211. The van der Waals surface area contributed by atoms with E-state index < -0.39 is 6.04 Å². The minimum atomic E-state index is -0.665. The third kappa shape index (κ3) is 6.73. The molecule has 5 nitrogen and oxygen atoms in total. The standard InChI is InChI=1S/C25H33ClN2O3/c1-7-18(4)27-25(30)20(6)28(14-21-10-8-9-11-22(21)26)24(29)15-31-23-13-16(2)12-17(3)19(23)5/h8-13,18,20H,7,14-15H2,1-6H3,(H,27,30)/t18-,20+/m0/s1. The molecule has 0 radical (unpaired) electrons. The Hall–Kier alpha value is -2.53. The number of rotatable bonds is 9. The van der Waals surface area contributed by atoms with E-state index in [-0.39, 0.29) is 31.0 Å². The van der Waals surface area contributed by atoms with Crippen molar-refractivity contribution < 1.29 is 14.3 Å². The molecule has 0 aromatic heterocycles. The Morgan fingerprint density at radius 1 is 1.13 bits per heavy atom. The van der Waals surface area contributed by atoms with Crippen LogP contribution < -0.4 is 10.1 Å². The highest BCUT2D eigenvalue weighted by molar-refractivity contribution is 6.31. The van der Waals surface area contributed by atoms with Gasteiger partial charge in [-0.05, 0) is 75.4 Å². The van der Waals surface area contributed by atoms with Gasteiger partial charge >= 0.3 is 0 Å². The van der Waals surface area contributed by atoms with Crippen LogP contribution >= 0.6 is 11.6 Å². The molecule has 0 aliphatic heterocycles. The summed E-state index contributed by atoms with van der Waals surface area (Å²) in [4.78, 5) is 27.5. The minimum absolute atomic E-state index is 0.0291. The summed E-state index contributed by atoms with van der Waals surface area (Å²) in [6.45, 7) is 11.7. The number of carbonyl (C=O) groups excluding carboxylic acids is 2. The average Bonchev–Trinajstić information content (AvgIpc) is 2.73. The minimum Gasteiger partial charge on any atom is -0.483 e. The van der Waals surface area contributed by atoms with Crippen LogP contribution in [-0.2, 0) is 16.1 Å². The Labute approximate surface area is 190 Å². The van der Waals surface area contributed by atoms with Gasteiger partial charge in [0.1, 0.15) is 11.8 Å². The van der Waals surface area contributed by atoms with Gasteiger partial charge in [-0.3, -0.25) is 9.59 Å². The van der Waals surface area contributed by atoms with E-state index in [1.54, 1.807) is 13.0 Å². The lowest BCUT2D eigenvalue weighted by Crippen LogP contribution is -2.50. The fourth-order valence-electron chi connectivity index (χ4n) is 3.23. The number of benzene rings is 2. The van der Waals surface area contributed by atoms with E-state index in [0.717, 1.165) is 28.7 Å². The molecule has 0 saturated heterocycles. The monoisotopic (exact) mass is 444 g/mol. The van der Waals surface area contributed by atoms with Crippen molar-refractivity contribution in [2.75, 3.05) is 6.61 Å². The Bertz CT molecular complexity index is 929. The summed E-state index contributed by atoms with van der Waals surface area (Å²) < 4.78 is 5.89. The molecule has 31 heavy (non-hydrogen) atoms. The Balaban J connectivity index is 2.23. The van der Waals surface area contributed by atoms with Gasteiger partial charge in [-0.1, -0.05) is 42.8 Å². The van der Waals surface area contributed by atoms with Gasteiger partial charge in [0.2, 0.25) is 5.91 Å². The number of ether oxygens (including phenoxy) is 1. The van der Waals surface area contributed by atoms with Crippen molar-refractivity contribution >= 4 is 23.4 Å². The van der Waals surface area contributed by atoms with Crippen LogP contribution in [0.25, 0.3) is 0 Å². The zero-order valence-corrected chi connectivity index (χ0v) is 20.0. The smallest absolute Gasteiger partial charge is 0.261 e. The van der Waals surface area contributed by atoms with E-state index in [1.807, 2.05) is 58.9 Å². The van der Waals surface area contributed by atoms with E-state index in [9.17, 15) is 9.59 Å². The third-order valence-corrected chi connectivity index (χ3v) is 5.95. The molecule has 2 amide bonds. The summed E-state index contributed by atoms with van der Waals surface area (Å²) >= 11 is 6.32. The number of hydrogen-bond donors (Lipinski definition) is 1. The first-order valence-electron chi connectivity index (χ1n) is 10.7. The number of nitrogens with zero attached hydrogens (tertiary/aromatic N) is 1. The van der Waals surface area contributed by atoms with Gasteiger partial charge in [0.15, 0.2) is 6.61 Å². The van der Waals surface area contributed by atoms with Crippen LogP contribution in [-0.4, -0.2) is 35.4 Å². The van der Waals surface area contributed by atoms with Crippen LogP contribution in [0.3, 0.4) is 0 Å². The second-order valence-corrected chi connectivity index (χ2v) is 8.51. The van der Waals surface area contributed by atoms with Crippen molar-refractivity contribution in [2.24, 2.45) is 0 Å². The first-order chi connectivity index (χ1) is 14.6. The number of carbonyl (C=O) groups is 2. The lowest BCUT2D eigenvalue weighted by Gasteiger charge is -2.30. The van der Waals surface area contributed by atoms with Crippen molar-refractivity contribution in [1.29, 1.82) is 0 Å². The second-order valence-electron chi connectivity index (χ2n) is 8.10. The zero-order valence-electron chi connectivity index (χ0n) is 19.3. The van der Waals surface area contributed by atoms with Gasteiger partial charge in [0, 0.05) is 17.6 Å². The predicted molar refractivity (Wildman–Crippen MR) is 126 cm³/mol. The third-order valence-electron chi connectivity index (χ3n) is 5.58. The van der Waals surface area contributed by atoms with Gasteiger partial charge < -0.3 is 15.0 Å². The normalized spacial score (nSPS) is 12.7.